The lowest BCUT2D eigenvalue weighted by atomic mass is 9.94. The Morgan fingerprint density at radius 3 is 2.79 bits per heavy atom. The molecule has 6 nitrogen and oxygen atoms in total. The van der Waals surface area contributed by atoms with Gasteiger partial charge in [-0.05, 0) is 29.7 Å². The maximum absolute atomic E-state index is 9.27. The number of hydrogen-bond acceptors (Lipinski definition) is 5. The fourth-order valence-electron chi connectivity index (χ4n) is 2.87. The molecule has 1 aromatic rings. The molecule has 0 saturated heterocycles. The molecule has 1 N–H and O–H groups in total. The largest absolute Gasteiger partial charge is 0.395 e. The second kappa shape index (κ2) is 7.55. The Balaban J connectivity index is 2.00. The zero-order chi connectivity index (χ0) is 13.5. The molecule has 1 saturated carbocycles. The van der Waals surface area contributed by atoms with Crippen molar-refractivity contribution in [2.45, 2.75) is 64.6 Å². The molecule has 0 bridgehead atoms. The van der Waals surface area contributed by atoms with Crippen LogP contribution in [0.25, 0.3) is 0 Å². The molecule has 0 atom stereocenters. The monoisotopic (exact) mass is 267 g/mol. The summed E-state index contributed by atoms with van der Waals surface area (Å²) in [6.07, 6.45) is 7.43. The molecular weight excluding hydrogens is 242 g/mol. The minimum absolute atomic E-state index is 0.200. The van der Waals surface area contributed by atoms with Gasteiger partial charge in [0, 0.05) is 19.1 Å². The Kier molecular flexibility index (Phi) is 5.72. The molecule has 0 aliphatic heterocycles. The van der Waals surface area contributed by atoms with Gasteiger partial charge in [0.2, 0.25) is 0 Å². The third-order valence-corrected chi connectivity index (χ3v) is 3.86. The van der Waals surface area contributed by atoms with E-state index in [0.29, 0.717) is 12.6 Å². The van der Waals surface area contributed by atoms with Crippen molar-refractivity contribution in [1.82, 2.24) is 25.1 Å². The lowest BCUT2D eigenvalue weighted by Crippen LogP contribution is -2.39. The summed E-state index contributed by atoms with van der Waals surface area (Å²) in [7, 11) is 0. The van der Waals surface area contributed by atoms with Crippen molar-refractivity contribution in [3.63, 3.8) is 0 Å². The smallest absolute Gasteiger partial charge is 0.165 e. The molecule has 0 spiro atoms. The van der Waals surface area contributed by atoms with Crippen molar-refractivity contribution in [1.29, 1.82) is 0 Å². The summed E-state index contributed by atoms with van der Waals surface area (Å²) < 4.78 is 1.88. The first-order chi connectivity index (χ1) is 9.35. The van der Waals surface area contributed by atoms with Gasteiger partial charge in [-0.25, -0.2) is 4.68 Å². The van der Waals surface area contributed by atoms with Gasteiger partial charge >= 0.3 is 0 Å². The molecular formula is C13H25N5O. The Labute approximate surface area is 114 Å². The predicted octanol–water partition coefficient (Wildman–Crippen LogP) is 1.21. The van der Waals surface area contributed by atoms with Gasteiger partial charge in [0.1, 0.15) is 0 Å². The Bertz CT molecular complexity index is 362. The van der Waals surface area contributed by atoms with Crippen LogP contribution in [0.1, 0.15) is 51.3 Å². The summed E-state index contributed by atoms with van der Waals surface area (Å²) in [6, 6.07) is 0.577. The standard InChI is InChI=1S/C13H25N5O/c1-2-8-18-13(14-15-16-18)11-17(9-10-19)12-6-4-3-5-7-12/h12,19H,2-11H2,1H3. The first-order valence-corrected chi connectivity index (χ1v) is 7.45. The summed E-state index contributed by atoms with van der Waals surface area (Å²) in [6.45, 7) is 4.64. The fourth-order valence-corrected chi connectivity index (χ4v) is 2.87. The molecule has 2 rings (SSSR count). The minimum atomic E-state index is 0.200. The van der Waals surface area contributed by atoms with Crippen LogP contribution in [0.5, 0.6) is 0 Å². The number of rotatable bonds is 7. The Hall–Kier alpha value is -1.01. The van der Waals surface area contributed by atoms with Crippen molar-refractivity contribution in [3.05, 3.63) is 5.82 Å². The van der Waals surface area contributed by atoms with Crippen molar-refractivity contribution in [2.24, 2.45) is 0 Å². The van der Waals surface area contributed by atoms with Crippen LogP contribution in [0.2, 0.25) is 0 Å². The van der Waals surface area contributed by atoms with E-state index < -0.39 is 0 Å². The molecule has 0 aromatic carbocycles. The average Bonchev–Trinajstić information content (AvgIpc) is 2.87. The maximum Gasteiger partial charge on any atom is 0.165 e. The lowest BCUT2D eigenvalue weighted by molar-refractivity contribution is 0.113. The van der Waals surface area contributed by atoms with E-state index >= 15 is 0 Å². The number of aliphatic hydroxyl groups excluding tert-OH is 1. The van der Waals surface area contributed by atoms with E-state index in [0.717, 1.165) is 25.3 Å². The number of aliphatic hydroxyl groups is 1. The number of nitrogens with zero attached hydrogens (tertiary/aromatic N) is 5. The van der Waals surface area contributed by atoms with Crippen LogP contribution in [-0.2, 0) is 13.1 Å². The molecule has 1 aromatic heterocycles. The molecule has 1 fully saturated rings. The van der Waals surface area contributed by atoms with Crippen LogP contribution >= 0.6 is 0 Å². The SMILES string of the molecule is CCCn1nnnc1CN(CCO)C1CCCCC1. The van der Waals surface area contributed by atoms with Crippen LogP contribution < -0.4 is 0 Å². The van der Waals surface area contributed by atoms with E-state index in [2.05, 4.69) is 27.3 Å². The number of aromatic nitrogens is 4. The highest BCUT2D eigenvalue weighted by atomic mass is 16.3. The quantitative estimate of drug-likeness (QED) is 0.804. The maximum atomic E-state index is 9.27. The normalized spacial score (nSPS) is 17.2. The zero-order valence-corrected chi connectivity index (χ0v) is 11.8. The molecule has 19 heavy (non-hydrogen) atoms. The second-order valence-corrected chi connectivity index (χ2v) is 5.30. The van der Waals surface area contributed by atoms with E-state index in [9.17, 15) is 5.11 Å². The minimum Gasteiger partial charge on any atom is -0.395 e. The number of hydrogen-bond donors (Lipinski definition) is 1. The second-order valence-electron chi connectivity index (χ2n) is 5.30. The zero-order valence-electron chi connectivity index (χ0n) is 11.8. The number of aryl methyl sites for hydroxylation is 1. The molecule has 108 valence electrons. The van der Waals surface area contributed by atoms with Gasteiger partial charge < -0.3 is 5.11 Å². The van der Waals surface area contributed by atoms with Crippen LogP contribution in [0, 0.1) is 0 Å². The topological polar surface area (TPSA) is 67.1 Å². The third-order valence-electron chi connectivity index (χ3n) is 3.86. The summed E-state index contributed by atoms with van der Waals surface area (Å²) >= 11 is 0. The first kappa shape index (κ1) is 14.4. The van der Waals surface area contributed by atoms with Crippen LogP contribution in [0.15, 0.2) is 0 Å². The molecule has 0 amide bonds. The summed E-state index contributed by atoms with van der Waals surface area (Å²) in [4.78, 5) is 2.34. The van der Waals surface area contributed by atoms with Crippen molar-refractivity contribution in [2.75, 3.05) is 13.2 Å². The lowest BCUT2D eigenvalue weighted by Gasteiger charge is -2.33. The van der Waals surface area contributed by atoms with Crippen molar-refractivity contribution in [3.8, 4) is 0 Å². The Morgan fingerprint density at radius 1 is 1.32 bits per heavy atom. The summed E-state index contributed by atoms with van der Waals surface area (Å²) in [5, 5.41) is 21.2. The van der Waals surface area contributed by atoms with Gasteiger partial charge in [-0.2, -0.15) is 0 Å². The van der Waals surface area contributed by atoms with Crippen LogP contribution in [0.3, 0.4) is 0 Å². The van der Waals surface area contributed by atoms with Crippen molar-refractivity contribution >= 4 is 0 Å². The van der Waals surface area contributed by atoms with Gasteiger partial charge in [0.15, 0.2) is 5.82 Å². The average molecular weight is 267 g/mol. The first-order valence-electron chi connectivity index (χ1n) is 7.45. The van der Waals surface area contributed by atoms with Gasteiger partial charge in [-0.1, -0.05) is 26.2 Å². The van der Waals surface area contributed by atoms with E-state index in [-0.39, 0.29) is 6.61 Å². The third kappa shape index (κ3) is 3.98. The van der Waals surface area contributed by atoms with E-state index in [1.54, 1.807) is 0 Å². The van der Waals surface area contributed by atoms with Crippen molar-refractivity contribution < 1.29 is 5.11 Å². The fraction of sp³-hybridized carbons (Fsp3) is 0.923. The molecule has 1 aliphatic rings. The molecule has 0 radical (unpaired) electrons. The van der Waals surface area contributed by atoms with Gasteiger partial charge in [0.25, 0.3) is 0 Å². The van der Waals surface area contributed by atoms with Gasteiger partial charge in [0.05, 0.1) is 13.2 Å². The number of tetrazole rings is 1. The molecule has 1 aliphatic carbocycles. The van der Waals surface area contributed by atoms with Crippen LogP contribution in [0.4, 0.5) is 0 Å². The highest BCUT2D eigenvalue weighted by Crippen LogP contribution is 2.23. The molecule has 1 heterocycles. The van der Waals surface area contributed by atoms with Crippen LogP contribution in [-0.4, -0.2) is 49.4 Å². The summed E-state index contributed by atoms with van der Waals surface area (Å²) in [5.41, 5.74) is 0. The molecule has 6 heteroatoms. The highest BCUT2D eigenvalue weighted by molar-refractivity contribution is 4.85. The Morgan fingerprint density at radius 2 is 2.11 bits per heavy atom. The van der Waals surface area contributed by atoms with E-state index in [1.165, 1.54) is 32.1 Å². The van der Waals surface area contributed by atoms with Gasteiger partial charge in [-0.3, -0.25) is 4.90 Å². The van der Waals surface area contributed by atoms with E-state index in [4.69, 9.17) is 0 Å². The summed E-state index contributed by atoms with van der Waals surface area (Å²) in [5.74, 6) is 0.917. The molecule has 0 unspecified atom stereocenters. The van der Waals surface area contributed by atoms with E-state index in [1.807, 2.05) is 4.68 Å². The van der Waals surface area contributed by atoms with Gasteiger partial charge in [-0.15, -0.1) is 5.10 Å². The predicted molar refractivity (Wildman–Crippen MR) is 72.5 cm³/mol. The highest BCUT2D eigenvalue weighted by Gasteiger charge is 2.22.